The quantitative estimate of drug-likeness (QED) is 0.792. The summed E-state index contributed by atoms with van der Waals surface area (Å²) >= 11 is 2.72. The van der Waals surface area contributed by atoms with Crippen LogP contribution in [-0.4, -0.2) is 37.5 Å². The second-order valence-electron chi connectivity index (χ2n) is 4.09. The highest BCUT2D eigenvalue weighted by Crippen LogP contribution is 2.15. The maximum atomic E-state index is 11.9. The van der Waals surface area contributed by atoms with Crippen LogP contribution in [0.5, 0.6) is 0 Å². The Morgan fingerprint density at radius 2 is 2.40 bits per heavy atom. The molecule has 0 radical (unpaired) electrons. The molecule has 1 atom stereocenters. The Labute approximate surface area is 122 Å². The molecule has 0 aliphatic rings. The van der Waals surface area contributed by atoms with Gasteiger partial charge in [-0.05, 0) is 6.42 Å². The zero-order valence-electron chi connectivity index (χ0n) is 10.8. The van der Waals surface area contributed by atoms with Crippen molar-refractivity contribution in [3.8, 4) is 0 Å². The van der Waals surface area contributed by atoms with Crippen molar-refractivity contribution < 1.29 is 9.90 Å². The molecule has 0 aromatic carbocycles. The summed E-state index contributed by atoms with van der Waals surface area (Å²) < 4.78 is 1.29. The number of carboxylic acids is 1. The third-order valence-electron chi connectivity index (χ3n) is 2.51. The Hall–Kier alpha value is -1.45. The average Bonchev–Trinajstić information content (AvgIpc) is 2.82. The molecule has 2 heterocycles. The van der Waals surface area contributed by atoms with Crippen LogP contribution in [0, 0.1) is 0 Å². The summed E-state index contributed by atoms with van der Waals surface area (Å²) in [6.45, 7) is 1.97. The first-order valence-electron chi connectivity index (χ1n) is 5.96. The largest absolute Gasteiger partial charge is 0.480 e. The molecule has 0 amide bonds. The molecule has 0 fully saturated rings. The fourth-order valence-electron chi connectivity index (χ4n) is 1.47. The molecule has 2 aromatic rings. The molecular formula is C11H14N4O3S2. The van der Waals surface area contributed by atoms with E-state index in [0.717, 1.165) is 11.4 Å². The monoisotopic (exact) mass is 314 g/mol. The molecule has 0 saturated heterocycles. The summed E-state index contributed by atoms with van der Waals surface area (Å²) in [7, 11) is 0. The van der Waals surface area contributed by atoms with Crippen molar-refractivity contribution in [1.82, 2.24) is 14.6 Å². The lowest BCUT2D eigenvalue weighted by Gasteiger charge is -2.05. The number of fused-ring (bicyclic) bond motifs is 1. The first-order chi connectivity index (χ1) is 9.51. The van der Waals surface area contributed by atoms with Gasteiger partial charge in [-0.15, -0.1) is 0 Å². The molecule has 7 nitrogen and oxygen atoms in total. The van der Waals surface area contributed by atoms with Gasteiger partial charge in [-0.25, -0.2) is 4.98 Å². The Bertz CT molecular complexity index is 682. The van der Waals surface area contributed by atoms with Crippen LogP contribution < -0.4 is 11.3 Å². The van der Waals surface area contributed by atoms with Crippen LogP contribution in [0.4, 0.5) is 0 Å². The third kappa shape index (κ3) is 3.35. The topological polar surface area (TPSA) is 111 Å². The van der Waals surface area contributed by atoms with Crippen LogP contribution in [0.3, 0.4) is 0 Å². The molecule has 20 heavy (non-hydrogen) atoms. The summed E-state index contributed by atoms with van der Waals surface area (Å²) in [5.74, 6) is -0.304. The number of aryl methyl sites for hydroxylation is 1. The van der Waals surface area contributed by atoms with Gasteiger partial charge in [0, 0.05) is 17.6 Å². The van der Waals surface area contributed by atoms with Gasteiger partial charge in [0.2, 0.25) is 4.96 Å². The Morgan fingerprint density at radius 3 is 3.05 bits per heavy atom. The Morgan fingerprint density at radius 1 is 1.65 bits per heavy atom. The van der Waals surface area contributed by atoms with Gasteiger partial charge in [0.1, 0.15) is 11.0 Å². The number of hydrogen-bond donors (Lipinski definition) is 2. The maximum absolute atomic E-state index is 11.9. The smallest absolute Gasteiger partial charge is 0.321 e. The van der Waals surface area contributed by atoms with Crippen molar-refractivity contribution >= 4 is 34.0 Å². The van der Waals surface area contributed by atoms with E-state index in [0.29, 0.717) is 16.4 Å². The van der Waals surface area contributed by atoms with E-state index in [1.54, 1.807) is 0 Å². The highest BCUT2D eigenvalue weighted by molar-refractivity contribution is 7.98. The summed E-state index contributed by atoms with van der Waals surface area (Å²) in [6, 6.07) is 0.519. The number of carbonyl (C=O) groups is 1. The van der Waals surface area contributed by atoms with Crippen LogP contribution in [0.15, 0.2) is 10.9 Å². The van der Waals surface area contributed by atoms with Gasteiger partial charge in [-0.3, -0.25) is 9.59 Å². The second kappa shape index (κ2) is 6.33. The molecule has 0 aliphatic carbocycles. The number of nitrogens with zero attached hydrogens (tertiary/aromatic N) is 3. The summed E-state index contributed by atoms with van der Waals surface area (Å²) in [5.41, 5.74) is 5.80. The Kier molecular flexibility index (Phi) is 4.73. The minimum absolute atomic E-state index is 0.218. The fourth-order valence-corrected chi connectivity index (χ4v) is 3.20. The minimum atomic E-state index is -1.03. The molecule has 0 bridgehead atoms. The molecule has 9 heteroatoms. The van der Waals surface area contributed by atoms with Crippen molar-refractivity contribution in [2.75, 3.05) is 5.75 Å². The summed E-state index contributed by atoms with van der Waals surface area (Å²) in [5, 5.41) is 13.7. The van der Waals surface area contributed by atoms with Crippen LogP contribution >= 0.6 is 23.1 Å². The number of aliphatic carboxylic acids is 1. The van der Waals surface area contributed by atoms with E-state index in [2.05, 4.69) is 10.1 Å². The average molecular weight is 314 g/mol. The van der Waals surface area contributed by atoms with E-state index in [1.165, 1.54) is 33.7 Å². The van der Waals surface area contributed by atoms with Gasteiger partial charge in [-0.1, -0.05) is 18.3 Å². The maximum Gasteiger partial charge on any atom is 0.321 e. The molecular weight excluding hydrogens is 300 g/mol. The van der Waals surface area contributed by atoms with Gasteiger partial charge in [0.25, 0.3) is 5.56 Å². The summed E-state index contributed by atoms with van der Waals surface area (Å²) in [6.07, 6.45) is 0.755. The molecule has 0 aliphatic heterocycles. The molecule has 0 saturated carbocycles. The Balaban J connectivity index is 2.11. The minimum Gasteiger partial charge on any atom is -0.480 e. The predicted octanol–water partition coefficient (Wildman–Crippen LogP) is 0.359. The van der Waals surface area contributed by atoms with Gasteiger partial charge >= 0.3 is 5.97 Å². The van der Waals surface area contributed by atoms with Crippen LogP contribution in [0.1, 0.15) is 17.6 Å². The van der Waals surface area contributed by atoms with Crippen molar-refractivity contribution in [3.63, 3.8) is 0 Å². The molecule has 2 aromatic heterocycles. The number of aromatic nitrogens is 3. The number of carboxylic acid groups (broad SMARTS) is 1. The molecule has 0 unspecified atom stereocenters. The highest BCUT2D eigenvalue weighted by atomic mass is 32.2. The normalized spacial score (nSPS) is 12.7. The summed E-state index contributed by atoms with van der Waals surface area (Å²) in [4.78, 5) is 27.4. The third-order valence-corrected chi connectivity index (χ3v) is 4.65. The van der Waals surface area contributed by atoms with Crippen LogP contribution in [0.2, 0.25) is 0 Å². The van der Waals surface area contributed by atoms with Gasteiger partial charge in [0.15, 0.2) is 0 Å². The second-order valence-corrected chi connectivity index (χ2v) is 6.16. The van der Waals surface area contributed by atoms with E-state index in [4.69, 9.17) is 10.8 Å². The molecule has 108 valence electrons. The van der Waals surface area contributed by atoms with E-state index in [-0.39, 0.29) is 11.3 Å². The van der Waals surface area contributed by atoms with Crippen molar-refractivity contribution in [2.24, 2.45) is 5.73 Å². The first kappa shape index (κ1) is 14.9. The lowest BCUT2D eigenvalue weighted by Crippen LogP contribution is -2.32. The number of thioether (sulfide) groups is 1. The van der Waals surface area contributed by atoms with Crippen LogP contribution in [-0.2, 0) is 17.0 Å². The standard InChI is InChI=1S/C11H14N4O3S2/c1-2-8-14-15-9(16)3-6(13-11(15)20-8)4-19-5-7(12)10(17)18/h3,7H,2,4-5,12H2,1H3,(H,17,18)/t7-/m0/s1. The van der Waals surface area contributed by atoms with Crippen molar-refractivity contribution in [2.45, 2.75) is 25.1 Å². The lowest BCUT2D eigenvalue weighted by atomic mass is 10.4. The molecule has 2 rings (SSSR count). The number of rotatable bonds is 6. The molecule has 0 spiro atoms. The SMILES string of the molecule is CCc1nn2c(=O)cc(CSC[C@H](N)C(=O)O)nc2s1. The van der Waals surface area contributed by atoms with Crippen LogP contribution in [0.25, 0.3) is 4.96 Å². The number of hydrogen-bond acceptors (Lipinski definition) is 7. The van der Waals surface area contributed by atoms with E-state index < -0.39 is 12.0 Å². The van der Waals surface area contributed by atoms with Crippen molar-refractivity contribution in [3.05, 3.63) is 27.1 Å². The van der Waals surface area contributed by atoms with E-state index in [1.807, 2.05) is 6.92 Å². The van der Waals surface area contributed by atoms with Gasteiger partial charge in [0.05, 0.1) is 5.69 Å². The van der Waals surface area contributed by atoms with E-state index >= 15 is 0 Å². The zero-order valence-corrected chi connectivity index (χ0v) is 12.4. The number of nitrogens with two attached hydrogens (primary N) is 1. The molecule has 3 N–H and O–H groups in total. The lowest BCUT2D eigenvalue weighted by molar-refractivity contribution is -0.137. The predicted molar refractivity (Wildman–Crippen MR) is 78.3 cm³/mol. The zero-order chi connectivity index (χ0) is 14.7. The van der Waals surface area contributed by atoms with Gasteiger partial charge in [-0.2, -0.15) is 21.4 Å². The highest BCUT2D eigenvalue weighted by Gasteiger charge is 2.12. The van der Waals surface area contributed by atoms with E-state index in [9.17, 15) is 9.59 Å². The van der Waals surface area contributed by atoms with Crippen molar-refractivity contribution in [1.29, 1.82) is 0 Å². The van der Waals surface area contributed by atoms with Gasteiger partial charge < -0.3 is 10.8 Å². The fraction of sp³-hybridized carbons (Fsp3) is 0.455. The first-order valence-corrected chi connectivity index (χ1v) is 7.93.